The Labute approximate surface area is 110 Å². The summed E-state index contributed by atoms with van der Waals surface area (Å²) in [6.45, 7) is 0.439. The maximum Gasteiger partial charge on any atom is 0.120 e. The summed E-state index contributed by atoms with van der Waals surface area (Å²) in [6.07, 6.45) is 3.26. The first kappa shape index (κ1) is 12.5. The van der Waals surface area contributed by atoms with E-state index in [1.54, 1.807) is 43.8 Å². The molecule has 2 N–H and O–H groups in total. The average Bonchev–Trinajstić information content (AvgIpc) is 2.39. The molecule has 0 atom stereocenters. The lowest BCUT2D eigenvalue weighted by Crippen LogP contribution is -2.01. The highest BCUT2D eigenvalue weighted by atomic mass is 35.5. The van der Waals surface area contributed by atoms with Gasteiger partial charge in [-0.05, 0) is 24.3 Å². The van der Waals surface area contributed by atoms with Gasteiger partial charge < -0.3 is 15.2 Å². The topological polar surface area (TPSA) is 54.4 Å². The molecular weight excluding hydrogens is 252 g/mol. The SMILES string of the molecule is COc1ccc(O)c(CNc2cnccc2Cl)c1. The molecule has 0 aliphatic rings. The third kappa shape index (κ3) is 2.84. The number of phenols is 1. The van der Waals surface area contributed by atoms with Crippen molar-refractivity contribution in [3.8, 4) is 11.5 Å². The first-order chi connectivity index (χ1) is 8.70. The lowest BCUT2D eigenvalue weighted by molar-refractivity contribution is 0.411. The number of nitrogens with one attached hydrogen (secondary N) is 1. The van der Waals surface area contributed by atoms with Gasteiger partial charge in [0.15, 0.2) is 0 Å². The van der Waals surface area contributed by atoms with Gasteiger partial charge in [-0.3, -0.25) is 4.98 Å². The minimum absolute atomic E-state index is 0.211. The average molecular weight is 265 g/mol. The van der Waals surface area contributed by atoms with Gasteiger partial charge in [0, 0.05) is 18.3 Å². The van der Waals surface area contributed by atoms with E-state index in [9.17, 15) is 5.11 Å². The van der Waals surface area contributed by atoms with Gasteiger partial charge in [0.05, 0.1) is 24.0 Å². The second kappa shape index (κ2) is 5.60. The Kier molecular flexibility index (Phi) is 3.89. The van der Waals surface area contributed by atoms with E-state index in [4.69, 9.17) is 16.3 Å². The van der Waals surface area contributed by atoms with Crippen LogP contribution in [0.25, 0.3) is 0 Å². The fourth-order valence-electron chi connectivity index (χ4n) is 1.53. The zero-order valence-corrected chi connectivity index (χ0v) is 10.6. The number of hydrogen-bond acceptors (Lipinski definition) is 4. The summed E-state index contributed by atoms with van der Waals surface area (Å²) in [5.74, 6) is 0.908. The Balaban J connectivity index is 2.13. The fourth-order valence-corrected chi connectivity index (χ4v) is 1.70. The smallest absolute Gasteiger partial charge is 0.120 e. The van der Waals surface area contributed by atoms with Crippen LogP contribution in [0.5, 0.6) is 11.5 Å². The number of ether oxygens (including phenoxy) is 1. The lowest BCUT2D eigenvalue weighted by Gasteiger charge is -2.10. The molecule has 2 rings (SSSR count). The summed E-state index contributed by atoms with van der Waals surface area (Å²) in [5.41, 5.74) is 1.45. The zero-order valence-electron chi connectivity index (χ0n) is 9.85. The summed E-state index contributed by atoms with van der Waals surface area (Å²) < 4.78 is 5.11. The molecule has 0 unspecified atom stereocenters. The Morgan fingerprint density at radius 2 is 2.22 bits per heavy atom. The number of nitrogens with zero attached hydrogens (tertiary/aromatic N) is 1. The van der Waals surface area contributed by atoms with Gasteiger partial charge >= 0.3 is 0 Å². The second-order valence-electron chi connectivity index (χ2n) is 3.70. The minimum atomic E-state index is 0.211. The Bertz CT molecular complexity index is 546. The Hall–Kier alpha value is -1.94. The van der Waals surface area contributed by atoms with E-state index in [-0.39, 0.29) is 5.75 Å². The van der Waals surface area contributed by atoms with E-state index >= 15 is 0 Å². The van der Waals surface area contributed by atoms with E-state index in [1.165, 1.54) is 0 Å². The molecular formula is C13H13ClN2O2. The normalized spacial score (nSPS) is 10.1. The van der Waals surface area contributed by atoms with Crippen molar-refractivity contribution in [3.05, 3.63) is 47.2 Å². The summed E-state index contributed by atoms with van der Waals surface area (Å²) in [6, 6.07) is 6.78. The number of anilines is 1. The minimum Gasteiger partial charge on any atom is -0.508 e. The van der Waals surface area contributed by atoms with Crippen molar-refractivity contribution in [3.63, 3.8) is 0 Å². The number of pyridine rings is 1. The molecule has 0 fully saturated rings. The molecule has 4 nitrogen and oxygen atoms in total. The third-order valence-corrected chi connectivity index (χ3v) is 2.85. The molecule has 18 heavy (non-hydrogen) atoms. The van der Waals surface area contributed by atoms with Crippen LogP contribution < -0.4 is 10.1 Å². The molecule has 1 aromatic carbocycles. The molecule has 0 radical (unpaired) electrons. The van der Waals surface area contributed by atoms with E-state index < -0.39 is 0 Å². The zero-order chi connectivity index (χ0) is 13.0. The van der Waals surface area contributed by atoms with Crippen molar-refractivity contribution in [1.82, 2.24) is 4.98 Å². The molecule has 0 aliphatic carbocycles. The molecule has 5 heteroatoms. The van der Waals surface area contributed by atoms with Crippen LogP contribution >= 0.6 is 11.6 Å². The van der Waals surface area contributed by atoms with Crippen LogP contribution in [-0.4, -0.2) is 17.2 Å². The summed E-state index contributed by atoms with van der Waals surface area (Å²) in [5, 5.41) is 13.4. The molecule has 0 bridgehead atoms. The van der Waals surface area contributed by atoms with Gasteiger partial charge in [0.1, 0.15) is 11.5 Å². The molecule has 0 amide bonds. The number of phenolic OH excluding ortho intramolecular Hbond substituents is 1. The molecule has 0 aliphatic heterocycles. The van der Waals surface area contributed by atoms with Crippen molar-refractivity contribution in [2.75, 3.05) is 12.4 Å². The van der Waals surface area contributed by atoms with Gasteiger partial charge in [0.2, 0.25) is 0 Å². The largest absolute Gasteiger partial charge is 0.508 e. The summed E-state index contributed by atoms with van der Waals surface area (Å²) >= 11 is 6.00. The first-order valence-corrected chi connectivity index (χ1v) is 5.78. The van der Waals surface area contributed by atoms with Crippen LogP contribution in [0.3, 0.4) is 0 Å². The molecule has 1 aromatic heterocycles. The van der Waals surface area contributed by atoms with E-state index in [0.29, 0.717) is 17.3 Å². The van der Waals surface area contributed by atoms with Crippen molar-refractivity contribution >= 4 is 17.3 Å². The van der Waals surface area contributed by atoms with Crippen molar-refractivity contribution in [2.45, 2.75) is 6.54 Å². The highest BCUT2D eigenvalue weighted by Crippen LogP contribution is 2.25. The number of aromatic hydroxyl groups is 1. The summed E-state index contributed by atoms with van der Waals surface area (Å²) in [7, 11) is 1.58. The fraction of sp³-hybridized carbons (Fsp3) is 0.154. The van der Waals surface area contributed by atoms with E-state index in [2.05, 4.69) is 10.3 Å². The Morgan fingerprint density at radius 3 is 2.94 bits per heavy atom. The van der Waals surface area contributed by atoms with Crippen molar-refractivity contribution in [1.29, 1.82) is 0 Å². The number of benzene rings is 1. The predicted octanol–water partition coefficient (Wildman–Crippen LogP) is 3.06. The van der Waals surface area contributed by atoms with Crippen LogP contribution in [0.1, 0.15) is 5.56 Å². The van der Waals surface area contributed by atoms with Gasteiger partial charge in [0.25, 0.3) is 0 Å². The van der Waals surface area contributed by atoms with Crippen LogP contribution in [-0.2, 0) is 6.54 Å². The van der Waals surface area contributed by atoms with Gasteiger partial charge in [-0.1, -0.05) is 11.6 Å². The molecule has 0 saturated carbocycles. The van der Waals surface area contributed by atoms with Gasteiger partial charge in [-0.25, -0.2) is 0 Å². The van der Waals surface area contributed by atoms with Crippen LogP contribution in [0, 0.1) is 0 Å². The highest BCUT2D eigenvalue weighted by molar-refractivity contribution is 6.33. The number of methoxy groups -OCH3 is 1. The lowest BCUT2D eigenvalue weighted by atomic mass is 10.2. The number of halogens is 1. The molecule has 2 aromatic rings. The highest BCUT2D eigenvalue weighted by Gasteiger charge is 2.04. The monoisotopic (exact) mass is 264 g/mol. The van der Waals surface area contributed by atoms with Crippen molar-refractivity contribution in [2.24, 2.45) is 0 Å². The van der Waals surface area contributed by atoms with Gasteiger partial charge in [-0.15, -0.1) is 0 Å². The van der Waals surface area contributed by atoms with E-state index in [0.717, 1.165) is 11.3 Å². The quantitative estimate of drug-likeness (QED) is 0.891. The number of hydrogen-bond donors (Lipinski definition) is 2. The Morgan fingerprint density at radius 1 is 1.39 bits per heavy atom. The van der Waals surface area contributed by atoms with Crippen LogP contribution in [0.2, 0.25) is 5.02 Å². The number of rotatable bonds is 4. The van der Waals surface area contributed by atoms with E-state index in [1.807, 2.05) is 0 Å². The molecule has 0 saturated heterocycles. The third-order valence-electron chi connectivity index (χ3n) is 2.52. The van der Waals surface area contributed by atoms with Crippen molar-refractivity contribution < 1.29 is 9.84 Å². The number of aromatic nitrogens is 1. The van der Waals surface area contributed by atoms with Crippen LogP contribution in [0.4, 0.5) is 5.69 Å². The molecule has 1 heterocycles. The molecule has 0 spiro atoms. The first-order valence-electron chi connectivity index (χ1n) is 5.40. The maximum atomic E-state index is 9.73. The standard InChI is InChI=1S/C13H13ClN2O2/c1-18-10-2-3-13(17)9(6-10)7-16-12-8-15-5-4-11(12)14/h2-6,8,16-17H,7H2,1H3. The maximum absolute atomic E-state index is 9.73. The predicted molar refractivity (Wildman–Crippen MR) is 71.2 cm³/mol. The van der Waals surface area contributed by atoms with Gasteiger partial charge in [-0.2, -0.15) is 0 Å². The second-order valence-corrected chi connectivity index (χ2v) is 4.11. The summed E-state index contributed by atoms with van der Waals surface area (Å²) in [4.78, 5) is 3.98. The molecule has 94 valence electrons. The van der Waals surface area contributed by atoms with Crippen LogP contribution in [0.15, 0.2) is 36.7 Å².